The maximum Gasteiger partial charge on any atom is 0.243 e. The Hall–Kier alpha value is -1.76. The molecule has 0 saturated heterocycles. The fraction of sp³-hybridized carbons (Fsp3) is 0.267. The molecule has 2 N–H and O–H groups in total. The van der Waals surface area contributed by atoms with Gasteiger partial charge in [0, 0.05) is 32.0 Å². The molecule has 0 aliphatic heterocycles. The summed E-state index contributed by atoms with van der Waals surface area (Å²) in [5.74, 6) is 0. The third kappa shape index (κ3) is 3.66. The Morgan fingerprint density at radius 3 is 2.24 bits per heavy atom. The molecule has 2 rings (SSSR count). The molecule has 0 amide bonds. The smallest absolute Gasteiger partial charge is 0.243 e. The second kappa shape index (κ2) is 6.34. The van der Waals surface area contributed by atoms with Crippen molar-refractivity contribution in [1.82, 2.24) is 9.29 Å². The van der Waals surface area contributed by atoms with Crippen molar-refractivity contribution in [2.45, 2.75) is 24.4 Å². The van der Waals surface area contributed by atoms with E-state index in [1.54, 1.807) is 55.8 Å². The average Bonchev–Trinajstić information content (AvgIpc) is 2.48. The van der Waals surface area contributed by atoms with Crippen LogP contribution in [0.1, 0.15) is 24.1 Å². The number of aromatic nitrogens is 1. The van der Waals surface area contributed by atoms with Gasteiger partial charge in [0.25, 0.3) is 0 Å². The summed E-state index contributed by atoms with van der Waals surface area (Å²) in [6.07, 6.45) is 3.29. The molecule has 21 heavy (non-hydrogen) atoms. The lowest BCUT2D eigenvalue weighted by Crippen LogP contribution is -2.26. The number of nitrogens with two attached hydrogens (primary N) is 1. The zero-order valence-corrected chi connectivity index (χ0v) is 12.9. The first-order chi connectivity index (χ1) is 9.91. The molecular weight excluding hydrogens is 286 g/mol. The zero-order chi connectivity index (χ0) is 15.5. The van der Waals surface area contributed by atoms with E-state index in [2.05, 4.69) is 4.98 Å². The minimum atomic E-state index is -3.51. The highest BCUT2D eigenvalue weighted by molar-refractivity contribution is 7.89. The molecule has 5 nitrogen and oxygen atoms in total. The first-order valence-electron chi connectivity index (χ1n) is 6.62. The van der Waals surface area contributed by atoms with E-state index in [4.69, 9.17) is 5.73 Å². The Balaban J connectivity index is 2.20. The van der Waals surface area contributed by atoms with Crippen LogP contribution in [-0.4, -0.2) is 24.8 Å². The normalized spacial score (nSPS) is 13.3. The van der Waals surface area contributed by atoms with Crippen LogP contribution in [0.3, 0.4) is 0 Å². The van der Waals surface area contributed by atoms with Gasteiger partial charge in [-0.25, -0.2) is 8.42 Å². The van der Waals surface area contributed by atoms with Crippen molar-refractivity contribution < 1.29 is 8.42 Å². The lowest BCUT2D eigenvalue weighted by Gasteiger charge is -2.17. The third-order valence-corrected chi connectivity index (χ3v) is 5.09. The predicted molar refractivity (Wildman–Crippen MR) is 81.9 cm³/mol. The minimum absolute atomic E-state index is 0.115. The largest absolute Gasteiger partial charge is 0.324 e. The van der Waals surface area contributed by atoms with Gasteiger partial charge in [-0.2, -0.15) is 4.31 Å². The van der Waals surface area contributed by atoms with Gasteiger partial charge in [0.05, 0.1) is 4.90 Å². The summed E-state index contributed by atoms with van der Waals surface area (Å²) in [4.78, 5) is 4.19. The van der Waals surface area contributed by atoms with Crippen LogP contribution in [0, 0.1) is 0 Å². The van der Waals surface area contributed by atoms with Crippen molar-refractivity contribution in [1.29, 1.82) is 0 Å². The van der Waals surface area contributed by atoms with Crippen molar-refractivity contribution in [3.8, 4) is 0 Å². The summed E-state index contributed by atoms with van der Waals surface area (Å²) < 4.78 is 26.3. The van der Waals surface area contributed by atoms with E-state index in [0.717, 1.165) is 11.1 Å². The Labute approximate surface area is 125 Å². The number of nitrogens with zero attached hydrogens (tertiary/aromatic N) is 2. The fourth-order valence-electron chi connectivity index (χ4n) is 1.95. The third-order valence-electron chi connectivity index (χ3n) is 3.27. The molecule has 1 unspecified atom stereocenters. The monoisotopic (exact) mass is 305 g/mol. The second-order valence-corrected chi connectivity index (χ2v) is 7.02. The highest BCUT2D eigenvalue weighted by Gasteiger charge is 2.20. The summed E-state index contributed by atoms with van der Waals surface area (Å²) in [5, 5.41) is 0. The summed E-state index contributed by atoms with van der Waals surface area (Å²) in [7, 11) is -1.94. The fourth-order valence-corrected chi connectivity index (χ4v) is 3.11. The van der Waals surface area contributed by atoms with E-state index in [1.165, 1.54) is 4.31 Å². The van der Waals surface area contributed by atoms with Crippen molar-refractivity contribution in [3.05, 3.63) is 59.9 Å². The lowest BCUT2D eigenvalue weighted by atomic mass is 10.1. The summed E-state index contributed by atoms with van der Waals surface area (Å²) in [6.45, 7) is 2.17. The van der Waals surface area contributed by atoms with E-state index in [9.17, 15) is 8.42 Å². The molecule has 112 valence electrons. The van der Waals surface area contributed by atoms with Gasteiger partial charge in [0.1, 0.15) is 0 Å². The first-order valence-corrected chi connectivity index (χ1v) is 8.06. The molecule has 2 aromatic rings. The van der Waals surface area contributed by atoms with Crippen molar-refractivity contribution in [2.75, 3.05) is 7.05 Å². The Kier molecular flexibility index (Phi) is 4.72. The molecule has 0 saturated carbocycles. The van der Waals surface area contributed by atoms with Crippen molar-refractivity contribution >= 4 is 10.0 Å². The molecule has 1 aromatic carbocycles. The van der Waals surface area contributed by atoms with Gasteiger partial charge in [-0.05, 0) is 42.3 Å². The van der Waals surface area contributed by atoms with Crippen molar-refractivity contribution in [3.63, 3.8) is 0 Å². The highest BCUT2D eigenvalue weighted by atomic mass is 32.2. The van der Waals surface area contributed by atoms with Gasteiger partial charge in [0.15, 0.2) is 0 Å². The van der Waals surface area contributed by atoms with Gasteiger partial charge < -0.3 is 5.73 Å². The number of rotatable bonds is 5. The van der Waals surface area contributed by atoms with E-state index < -0.39 is 10.0 Å². The molecule has 0 fully saturated rings. The molecule has 0 aliphatic rings. The van der Waals surface area contributed by atoms with Gasteiger partial charge in [-0.15, -0.1) is 0 Å². The second-order valence-electron chi connectivity index (χ2n) is 4.97. The van der Waals surface area contributed by atoms with Crippen LogP contribution >= 0.6 is 0 Å². The molecular formula is C15H19N3O2S. The highest BCUT2D eigenvalue weighted by Crippen LogP contribution is 2.19. The molecule has 6 heteroatoms. The summed E-state index contributed by atoms with van der Waals surface area (Å²) in [6, 6.07) is 10.2. The van der Waals surface area contributed by atoms with E-state index in [-0.39, 0.29) is 10.9 Å². The summed E-state index contributed by atoms with van der Waals surface area (Å²) >= 11 is 0. The average molecular weight is 305 g/mol. The topological polar surface area (TPSA) is 76.3 Å². The van der Waals surface area contributed by atoms with Crippen molar-refractivity contribution in [2.24, 2.45) is 5.73 Å². The first kappa shape index (κ1) is 15.6. The SMILES string of the molecule is CC(N)c1ccc(S(=O)(=O)N(C)Cc2ccncc2)cc1. The molecule has 0 bridgehead atoms. The molecule has 1 atom stereocenters. The van der Waals surface area contributed by atoms with Crippen LogP contribution in [0.2, 0.25) is 0 Å². The number of hydrogen-bond acceptors (Lipinski definition) is 4. The molecule has 1 aromatic heterocycles. The quantitative estimate of drug-likeness (QED) is 0.915. The number of benzene rings is 1. The Morgan fingerprint density at radius 2 is 1.71 bits per heavy atom. The van der Waals surface area contributed by atoms with Gasteiger partial charge >= 0.3 is 0 Å². The summed E-state index contributed by atoms with van der Waals surface area (Å²) in [5.41, 5.74) is 7.57. The van der Waals surface area contributed by atoms with Crippen LogP contribution in [0.5, 0.6) is 0 Å². The minimum Gasteiger partial charge on any atom is -0.324 e. The van der Waals surface area contributed by atoms with Crippen LogP contribution in [-0.2, 0) is 16.6 Å². The Morgan fingerprint density at radius 1 is 1.14 bits per heavy atom. The zero-order valence-electron chi connectivity index (χ0n) is 12.1. The standard InChI is InChI=1S/C15H19N3O2S/c1-12(16)14-3-5-15(6-4-14)21(19,20)18(2)11-13-7-9-17-10-8-13/h3-10,12H,11,16H2,1-2H3. The van der Waals surface area contributed by atoms with Crippen LogP contribution in [0.25, 0.3) is 0 Å². The number of sulfonamides is 1. The van der Waals surface area contributed by atoms with Crippen LogP contribution < -0.4 is 5.73 Å². The van der Waals surface area contributed by atoms with E-state index in [0.29, 0.717) is 6.54 Å². The number of pyridine rings is 1. The van der Waals surface area contributed by atoms with Gasteiger partial charge in [0.2, 0.25) is 10.0 Å². The van der Waals surface area contributed by atoms with Gasteiger partial charge in [-0.1, -0.05) is 12.1 Å². The number of hydrogen-bond donors (Lipinski definition) is 1. The maximum absolute atomic E-state index is 12.5. The molecule has 0 aliphatic carbocycles. The van der Waals surface area contributed by atoms with E-state index >= 15 is 0 Å². The Bertz CT molecular complexity index is 683. The molecule has 0 spiro atoms. The molecule has 1 heterocycles. The lowest BCUT2D eigenvalue weighted by molar-refractivity contribution is 0.466. The van der Waals surface area contributed by atoms with Crippen LogP contribution in [0.15, 0.2) is 53.7 Å². The predicted octanol–water partition coefficient (Wildman–Crippen LogP) is 1.92. The molecule has 0 radical (unpaired) electrons. The van der Waals surface area contributed by atoms with Crippen LogP contribution in [0.4, 0.5) is 0 Å². The van der Waals surface area contributed by atoms with Gasteiger partial charge in [-0.3, -0.25) is 4.98 Å². The van der Waals surface area contributed by atoms with E-state index in [1.807, 2.05) is 6.92 Å². The maximum atomic E-state index is 12.5.